The molecule has 8 heteroatoms. The van der Waals surface area contributed by atoms with Crippen molar-refractivity contribution < 1.29 is 17.9 Å². The average molecular weight is 377 g/mol. The molecule has 1 heterocycles. The van der Waals surface area contributed by atoms with E-state index in [-0.39, 0.29) is 22.9 Å². The molecule has 0 saturated heterocycles. The lowest BCUT2D eigenvalue weighted by molar-refractivity contribution is 0.0950. The molecule has 0 atom stereocenters. The minimum atomic E-state index is -3.64. The van der Waals surface area contributed by atoms with Crippen LogP contribution in [-0.4, -0.2) is 44.8 Å². The van der Waals surface area contributed by atoms with E-state index in [1.807, 2.05) is 0 Å². The molecule has 0 saturated carbocycles. The highest BCUT2D eigenvalue weighted by Crippen LogP contribution is 2.23. The Balaban J connectivity index is 2.31. The highest BCUT2D eigenvalue weighted by molar-refractivity contribution is 7.89. The van der Waals surface area contributed by atoms with Gasteiger partial charge in [0.25, 0.3) is 5.91 Å². The Morgan fingerprint density at radius 3 is 2.58 bits per heavy atom. The molecular weight excluding hydrogens is 354 g/mol. The first-order chi connectivity index (χ1) is 12.2. The number of amides is 1. The fourth-order valence-corrected chi connectivity index (χ4v) is 3.66. The molecule has 1 N–H and O–H groups in total. The predicted molar refractivity (Wildman–Crippen MR) is 98.7 cm³/mol. The molecule has 1 aromatic carbocycles. The van der Waals surface area contributed by atoms with Crippen molar-refractivity contribution in [1.29, 1.82) is 0 Å². The third-order valence-electron chi connectivity index (χ3n) is 4.12. The van der Waals surface area contributed by atoms with Crippen LogP contribution in [0.4, 0.5) is 0 Å². The summed E-state index contributed by atoms with van der Waals surface area (Å²) < 4.78 is 31.3. The van der Waals surface area contributed by atoms with Gasteiger partial charge in [0.2, 0.25) is 15.9 Å². The lowest BCUT2D eigenvalue weighted by atomic mass is 10.1. The van der Waals surface area contributed by atoms with Gasteiger partial charge in [0.15, 0.2) is 0 Å². The molecule has 0 unspecified atom stereocenters. The Morgan fingerprint density at radius 2 is 1.96 bits per heavy atom. The lowest BCUT2D eigenvalue weighted by Crippen LogP contribution is -2.26. The molecule has 0 aliphatic carbocycles. The number of ether oxygens (including phenoxy) is 1. The SMILES string of the molecule is COc1ncccc1CNC(=O)c1cc(C)c(C)c(S(=O)(=O)N(C)C)c1. The Hall–Kier alpha value is -2.45. The molecular formula is C18H23N3O4S. The van der Waals surface area contributed by atoms with E-state index < -0.39 is 10.0 Å². The number of rotatable bonds is 6. The van der Waals surface area contributed by atoms with E-state index in [4.69, 9.17) is 4.74 Å². The summed E-state index contributed by atoms with van der Waals surface area (Å²) in [6, 6.07) is 6.64. The maximum Gasteiger partial charge on any atom is 0.251 e. The van der Waals surface area contributed by atoms with Gasteiger partial charge in [-0.1, -0.05) is 6.07 Å². The van der Waals surface area contributed by atoms with Crippen LogP contribution in [0.5, 0.6) is 5.88 Å². The summed E-state index contributed by atoms with van der Waals surface area (Å²) in [6.45, 7) is 3.73. The molecule has 7 nitrogen and oxygen atoms in total. The molecule has 0 radical (unpaired) electrons. The van der Waals surface area contributed by atoms with Crippen LogP contribution in [0.15, 0.2) is 35.4 Å². The molecule has 26 heavy (non-hydrogen) atoms. The zero-order valence-corrected chi connectivity index (χ0v) is 16.3. The van der Waals surface area contributed by atoms with E-state index in [1.165, 1.54) is 27.3 Å². The lowest BCUT2D eigenvalue weighted by Gasteiger charge is -2.16. The first-order valence-corrected chi connectivity index (χ1v) is 9.42. The summed E-state index contributed by atoms with van der Waals surface area (Å²) in [5.74, 6) is 0.0676. The number of pyridine rings is 1. The standard InChI is InChI=1S/C18H23N3O4S/c1-12-9-15(10-16(13(12)2)26(23,24)21(3)4)17(22)20-11-14-7-6-8-19-18(14)25-5/h6-10H,11H2,1-5H3,(H,20,22). The number of nitrogens with one attached hydrogen (secondary N) is 1. The molecule has 2 aromatic rings. The van der Waals surface area contributed by atoms with Gasteiger partial charge in [-0.2, -0.15) is 0 Å². The van der Waals surface area contributed by atoms with Crippen LogP contribution in [0, 0.1) is 13.8 Å². The smallest absolute Gasteiger partial charge is 0.251 e. The molecule has 0 spiro atoms. The largest absolute Gasteiger partial charge is 0.481 e. The van der Waals surface area contributed by atoms with Gasteiger partial charge >= 0.3 is 0 Å². The van der Waals surface area contributed by atoms with Gasteiger partial charge in [0.05, 0.1) is 12.0 Å². The van der Waals surface area contributed by atoms with Crippen molar-refractivity contribution in [2.45, 2.75) is 25.3 Å². The fraction of sp³-hybridized carbons (Fsp3) is 0.333. The predicted octanol–water partition coefficient (Wildman–Crippen LogP) is 1.89. The van der Waals surface area contributed by atoms with Gasteiger partial charge in [0.1, 0.15) is 0 Å². The van der Waals surface area contributed by atoms with Crippen molar-refractivity contribution in [3.63, 3.8) is 0 Å². The van der Waals surface area contributed by atoms with Crippen LogP contribution in [0.2, 0.25) is 0 Å². The monoisotopic (exact) mass is 377 g/mol. The van der Waals surface area contributed by atoms with Gasteiger partial charge in [-0.05, 0) is 43.2 Å². The maximum absolute atomic E-state index is 12.5. The van der Waals surface area contributed by atoms with E-state index in [9.17, 15) is 13.2 Å². The summed E-state index contributed by atoms with van der Waals surface area (Å²) in [7, 11) is 0.796. The molecule has 0 aliphatic rings. The van der Waals surface area contributed by atoms with E-state index in [0.29, 0.717) is 11.4 Å². The van der Waals surface area contributed by atoms with E-state index >= 15 is 0 Å². The van der Waals surface area contributed by atoms with Crippen LogP contribution in [0.3, 0.4) is 0 Å². The minimum absolute atomic E-state index is 0.131. The number of nitrogens with zero attached hydrogens (tertiary/aromatic N) is 2. The summed E-state index contributed by atoms with van der Waals surface area (Å²) in [6.07, 6.45) is 1.60. The van der Waals surface area contributed by atoms with Crippen LogP contribution >= 0.6 is 0 Å². The number of aryl methyl sites for hydroxylation is 1. The summed E-state index contributed by atoms with van der Waals surface area (Å²) >= 11 is 0. The first-order valence-electron chi connectivity index (χ1n) is 7.98. The first kappa shape index (κ1) is 19.9. The number of benzene rings is 1. The summed E-state index contributed by atoms with van der Waals surface area (Å²) in [5.41, 5.74) is 2.38. The second-order valence-electron chi connectivity index (χ2n) is 6.06. The van der Waals surface area contributed by atoms with Crippen LogP contribution in [-0.2, 0) is 16.6 Å². The van der Waals surface area contributed by atoms with Crippen LogP contribution in [0.1, 0.15) is 27.0 Å². The van der Waals surface area contributed by atoms with E-state index in [1.54, 1.807) is 38.2 Å². The van der Waals surface area contributed by atoms with Crippen molar-refractivity contribution in [3.05, 3.63) is 52.7 Å². The van der Waals surface area contributed by atoms with Crippen molar-refractivity contribution >= 4 is 15.9 Å². The van der Waals surface area contributed by atoms with Crippen LogP contribution < -0.4 is 10.1 Å². The Labute approximate surface area is 154 Å². The summed E-state index contributed by atoms with van der Waals surface area (Å²) in [4.78, 5) is 16.8. The number of aromatic nitrogens is 1. The highest BCUT2D eigenvalue weighted by atomic mass is 32.2. The van der Waals surface area contributed by atoms with Gasteiger partial charge in [0, 0.05) is 38.0 Å². The van der Waals surface area contributed by atoms with E-state index in [0.717, 1.165) is 15.4 Å². The van der Waals surface area contributed by atoms with Gasteiger partial charge in [-0.3, -0.25) is 4.79 Å². The molecule has 140 valence electrons. The third kappa shape index (κ3) is 4.03. The fourth-order valence-electron chi connectivity index (χ4n) is 2.44. The number of carbonyl (C=O) groups is 1. The van der Waals surface area contributed by atoms with Crippen molar-refractivity contribution in [1.82, 2.24) is 14.6 Å². The highest BCUT2D eigenvalue weighted by Gasteiger charge is 2.23. The van der Waals surface area contributed by atoms with Crippen molar-refractivity contribution in [3.8, 4) is 5.88 Å². The topological polar surface area (TPSA) is 88.6 Å². The number of methoxy groups -OCH3 is 1. The van der Waals surface area contributed by atoms with Crippen molar-refractivity contribution in [2.75, 3.05) is 21.2 Å². The Bertz CT molecular complexity index is 924. The zero-order chi connectivity index (χ0) is 19.5. The number of carbonyl (C=O) groups excluding carboxylic acids is 1. The number of hydrogen-bond donors (Lipinski definition) is 1. The number of sulfonamides is 1. The third-order valence-corrected chi connectivity index (χ3v) is 6.06. The van der Waals surface area contributed by atoms with Gasteiger partial charge in [-0.25, -0.2) is 17.7 Å². The Kier molecular flexibility index (Phi) is 5.99. The summed E-state index contributed by atoms with van der Waals surface area (Å²) in [5, 5.41) is 2.78. The molecule has 1 aromatic heterocycles. The van der Waals surface area contributed by atoms with Gasteiger partial charge in [-0.15, -0.1) is 0 Å². The molecule has 0 fully saturated rings. The zero-order valence-electron chi connectivity index (χ0n) is 15.5. The normalized spacial score (nSPS) is 11.5. The maximum atomic E-state index is 12.5. The second-order valence-corrected chi connectivity index (χ2v) is 8.18. The molecule has 0 bridgehead atoms. The average Bonchev–Trinajstić information content (AvgIpc) is 2.61. The Morgan fingerprint density at radius 1 is 1.27 bits per heavy atom. The van der Waals surface area contributed by atoms with Gasteiger partial charge < -0.3 is 10.1 Å². The number of hydrogen-bond acceptors (Lipinski definition) is 5. The molecule has 2 rings (SSSR count). The van der Waals surface area contributed by atoms with Crippen LogP contribution in [0.25, 0.3) is 0 Å². The van der Waals surface area contributed by atoms with E-state index in [2.05, 4.69) is 10.3 Å². The molecule has 1 amide bonds. The molecule has 0 aliphatic heterocycles. The second kappa shape index (κ2) is 7.84. The van der Waals surface area contributed by atoms with Crippen molar-refractivity contribution in [2.24, 2.45) is 0 Å². The quantitative estimate of drug-likeness (QED) is 0.830. The minimum Gasteiger partial charge on any atom is -0.481 e.